The van der Waals surface area contributed by atoms with Crippen LogP contribution in [0.25, 0.3) is 11.4 Å². The molecule has 0 unspecified atom stereocenters. The van der Waals surface area contributed by atoms with E-state index in [1.165, 1.54) is 12.4 Å². The Kier molecular flexibility index (Phi) is 6.06. The largest absolute Gasteiger partial charge is 0.433 e. The molecule has 1 aromatic carbocycles. The fourth-order valence-corrected chi connectivity index (χ4v) is 2.65. The zero-order valence-electron chi connectivity index (χ0n) is 15.5. The first-order chi connectivity index (χ1) is 13.9. The van der Waals surface area contributed by atoms with E-state index >= 15 is 0 Å². The summed E-state index contributed by atoms with van der Waals surface area (Å²) in [5.41, 5.74) is 0.747. The van der Waals surface area contributed by atoms with Crippen LogP contribution < -0.4 is 10.6 Å². The highest BCUT2D eigenvalue weighted by molar-refractivity contribution is 5.94. The van der Waals surface area contributed by atoms with Crippen LogP contribution in [0.1, 0.15) is 21.6 Å². The first kappa shape index (κ1) is 20.2. The lowest BCUT2D eigenvalue weighted by Crippen LogP contribution is -2.18. The Hall–Kier alpha value is -3.49. The number of amides is 1. The van der Waals surface area contributed by atoms with Gasteiger partial charge in [-0.2, -0.15) is 13.2 Å². The van der Waals surface area contributed by atoms with Crippen LogP contribution in [0.4, 0.5) is 19.0 Å². The number of anilines is 1. The van der Waals surface area contributed by atoms with Gasteiger partial charge in [0.2, 0.25) is 0 Å². The quantitative estimate of drug-likeness (QED) is 0.660. The number of nitrogens with one attached hydrogen (secondary N) is 2. The summed E-state index contributed by atoms with van der Waals surface area (Å²) in [6, 6.07) is 11.1. The molecule has 0 radical (unpaired) electrons. The summed E-state index contributed by atoms with van der Waals surface area (Å²) < 4.78 is 39.7. The van der Waals surface area contributed by atoms with E-state index in [0.29, 0.717) is 24.1 Å². The molecule has 150 valence electrons. The Morgan fingerprint density at radius 3 is 2.62 bits per heavy atom. The van der Waals surface area contributed by atoms with E-state index in [2.05, 4.69) is 25.6 Å². The molecular weight excluding hydrogens is 383 g/mol. The number of pyridine rings is 1. The number of hydrogen-bond acceptors (Lipinski definition) is 5. The van der Waals surface area contributed by atoms with E-state index in [-0.39, 0.29) is 17.5 Å². The molecule has 3 aromatic rings. The Balaban J connectivity index is 1.78. The second-order valence-electron chi connectivity index (χ2n) is 6.16. The molecule has 3 rings (SSSR count). The predicted octanol–water partition coefficient (Wildman–Crippen LogP) is 3.57. The summed E-state index contributed by atoms with van der Waals surface area (Å²) in [6.07, 6.45) is -1.18. The monoisotopic (exact) mass is 401 g/mol. The van der Waals surface area contributed by atoms with Gasteiger partial charge in [0.25, 0.3) is 5.91 Å². The molecule has 29 heavy (non-hydrogen) atoms. The third-order valence-corrected chi connectivity index (χ3v) is 4.07. The fraction of sp³-hybridized carbons (Fsp3) is 0.200. The van der Waals surface area contributed by atoms with Crippen molar-refractivity contribution in [2.24, 2.45) is 0 Å². The molecule has 0 aliphatic heterocycles. The Morgan fingerprint density at radius 1 is 1.10 bits per heavy atom. The minimum Gasteiger partial charge on any atom is -0.370 e. The zero-order chi connectivity index (χ0) is 20.9. The molecule has 2 heterocycles. The van der Waals surface area contributed by atoms with E-state index in [9.17, 15) is 18.0 Å². The van der Waals surface area contributed by atoms with Crippen molar-refractivity contribution < 1.29 is 18.0 Å². The Morgan fingerprint density at radius 2 is 1.93 bits per heavy atom. The van der Waals surface area contributed by atoms with Crippen LogP contribution >= 0.6 is 0 Å². The van der Waals surface area contributed by atoms with Crippen molar-refractivity contribution in [1.29, 1.82) is 0 Å². The molecule has 0 aliphatic carbocycles. The van der Waals surface area contributed by atoms with Crippen LogP contribution in [-0.2, 0) is 12.6 Å². The van der Waals surface area contributed by atoms with Gasteiger partial charge in [0.05, 0.1) is 0 Å². The third-order valence-electron chi connectivity index (χ3n) is 4.07. The summed E-state index contributed by atoms with van der Waals surface area (Å²) >= 11 is 0. The lowest BCUT2D eigenvalue weighted by Gasteiger charge is -2.12. The number of hydrogen-bond donors (Lipinski definition) is 2. The van der Waals surface area contributed by atoms with Crippen LogP contribution in [-0.4, -0.2) is 34.5 Å². The number of nitrogens with zero attached hydrogens (tertiary/aromatic N) is 3. The summed E-state index contributed by atoms with van der Waals surface area (Å²) in [7, 11) is 1.55. The van der Waals surface area contributed by atoms with Crippen molar-refractivity contribution in [3.05, 3.63) is 71.7 Å². The SMILES string of the molecule is CNC(=O)c1cccc(CCNc2cc(C(F)(F)F)nc(-c3cccnc3)n2)c1. The molecular formula is C20H18F3N5O. The highest BCUT2D eigenvalue weighted by Gasteiger charge is 2.33. The highest BCUT2D eigenvalue weighted by Crippen LogP contribution is 2.30. The summed E-state index contributed by atoms with van der Waals surface area (Å²) in [4.78, 5) is 23.4. The zero-order valence-corrected chi connectivity index (χ0v) is 15.5. The molecule has 1 amide bonds. The number of benzene rings is 1. The molecule has 0 saturated carbocycles. The average Bonchev–Trinajstić information content (AvgIpc) is 2.73. The molecule has 9 heteroatoms. The molecule has 6 nitrogen and oxygen atoms in total. The molecule has 2 aromatic heterocycles. The standard InChI is InChI=1S/C20H18F3N5O/c1-24-19(29)14-5-2-4-13(10-14)7-9-26-17-11-16(20(21,22)23)27-18(28-17)15-6-3-8-25-12-15/h2-6,8,10-12H,7,9H2,1H3,(H,24,29)(H,26,27,28). The van der Waals surface area contributed by atoms with E-state index < -0.39 is 11.9 Å². The molecule has 0 atom stereocenters. The van der Waals surface area contributed by atoms with E-state index in [4.69, 9.17) is 0 Å². The number of carbonyl (C=O) groups excluding carboxylic acids is 1. The van der Waals surface area contributed by atoms with Crippen molar-refractivity contribution in [3.63, 3.8) is 0 Å². The molecule has 0 bridgehead atoms. The molecule has 2 N–H and O–H groups in total. The second kappa shape index (κ2) is 8.68. The maximum atomic E-state index is 13.2. The number of alkyl halides is 3. The first-order valence-electron chi connectivity index (χ1n) is 8.78. The lowest BCUT2D eigenvalue weighted by atomic mass is 10.1. The van der Waals surface area contributed by atoms with Gasteiger partial charge in [-0.25, -0.2) is 9.97 Å². The first-order valence-corrected chi connectivity index (χ1v) is 8.78. The van der Waals surface area contributed by atoms with Gasteiger partial charge in [0.1, 0.15) is 5.82 Å². The van der Waals surface area contributed by atoms with Crippen LogP contribution in [0.2, 0.25) is 0 Å². The maximum absolute atomic E-state index is 13.2. The van der Waals surface area contributed by atoms with Crippen molar-refractivity contribution in [3.8, 4) is 11.4 Å². The summed E-state index contributed by atoms with van der Waals surface area (Å²) in [6.45, 7) is 0.331. The summed E-state index contributed by atoms with van der Waals surface area (Å²) in [5.74, 6) is -0.197. The lowest BCUT2D eigenvalue weighted by molar-refractivity contribution is -0.141. The third kappa shape index (κ3) is 5.28. The van der Waals surface area contributed by atoms with Crippen LogP contribution in [0.5, 0.6) is 0 Å². The number of halogens is 3. The van der Waals surface area contributed by atoms with Crippen LogP contribution in [0.15, 0.2) is 54.9 Å². The van der Waals surface area contributed by atoms with Gasteiger partial charge < -0.3 is 10.6 Å². The topological polar surface area (TPSA) is 79.8 Å². The van der Waals surface area contributed by atoms with E-state index in [1.807, 2.05) is 6.07 Å². The van der Waals surface area contributed by atoms with Crippen LogP contribution in [0, 0.1) is 0 Å². The summed E-state index contributed by atoms with van der Waals surface area (Å²) in [5, 5.41) is 5.46. The Labute approximate surface area is 165 Å². The predicted molar refractivity (Wildman–Crippen MR) is 102 cm³/mol. The van der Waals surface area contributed by atoms with Gasteiger partial charge in [-0.15, -0.1) is 0 Å². The van der Waals surface area contributed by atoms with Crippen molar-refractivity contribution in [2.45, 2.75) is 12.6 Å². The number of rotatable bonds is 6. The molecule has 0 aliphatic rings. The van der Waals surface area contributed by atoms with Crippen molar-refractivity contribution in [2.75, 3.05) is 18.9 Å². The van der Waals surface area contributed by atoms with Gasteiger partial charge in [0.15, 0.2) is 11.5 Å². The molecule has 0 spiro atoms. The molecule has 0 saturated heterocycles. The van der Waals surface area contributed by atoms with Crippen LogP contribution in [0.3, 0.4) is 0 Å². The second-order valence-corrected chi connectivity index (χ2v) is 6.16. The van der Waals surface area contributed by atoms with E-state index in [1.54, 1.807) is 37.4 Å². The smallest absolute Gasteiger partial charge is 0.370 e. The Bertz CT molecular complexity index is 993. The minimum atomic E-state index is -4.60. The minimum absolute atomic E-state index is 0.0583. The maximum Gasteiger partial charge on any atom is 0.433 e. The average molecular weight is 401 g/mol. The number of carbonyl (C=O) groups is 1. The number of aromatic nitrogens is 3. The van der Waals surface area contributed by atoms with Crippen molar-refractivity contribution in [1.82, 2.24) is 20.3 Å². The normalized spacial score (nSPS) is 11.2. The fourth-order valence-electron chi connectivity index (χ4n) is 2.65. The van der Waals surface area contributed by atoms with Gasteiger partial charge in [-0.3, -0.25) is 9.78 Å². The van der Waals surface area contributed by atoms with E-state index in [0.717, 1.165) is 11.6 Å². The van der Waals surface area contributed by atoms with Gasteiger partial charge in [-0.05, 0) is 36.2 Å². The van der Waals surface area contributed by atoms with Gasteiger partial charge in [-0.1, -0.05) is 12.1 Å². The van der Waals surface area contributed by atoms with Gasteiger partial charge >= 0.3 is 6.18 Å². The van der Waals surface area contributed by atoms with Crippen molar-refractivity contribution >= 4 is 11.7 Å². The van der Waals surface area contributed by atoms with Gasteiger partial charge in [0, 0.05) is 43.2 Å². The highest BCUT2D eigenvalue weighted by atomic mass is 19.4. The molecule has 0 fully saturated rings.